The van der Waals surface area contributed by atoms with Gasteiger partial charge >= 0.3 is 6.16 Å². The van der Waals surface area contributed by atoms with Gasteiger partial charge in [-0.2, -0.15) is 0 Å². The van der Waals surface area contributed by atoms with Crippen LogP contribution in [0.5, 0.6) is 5.88 Å². The van der Waals surface area contributed by atoms with E-state index >= 15 is 0 Å². The Morgan fingerprint density at radius 3 is 2.88 bits per heavy atom. The van der Waals surface area contributed by atoms with Crippen LogP contribution in [0.25, 0.3) is 10.9 Å². The molecule has 0 bridgehead atoms. The van der Waals surface area contributed by atoms with Gasteiger partial charge < -0.3 is 14.5 Å². The molecule has 1 heterocycles. The molecule has 88 valence electrons. The largest absolute Gasteiger partial charge is 0.515 e. The zero-order valence-electron chi connectivity index (χ0n) is 9.23. The molecule has 5 nitrogen and oxygen atoms in total. The number of H-pyrrole nitrogens is 1. The first-order valence-corrected chi connectivity index (χ1v) is 5.16. The predicted octanol–water partition coefficient (Wildman–Crippen LogP) is 2.52. The predicted molar refractivity (Wildman–Crippen MR) is 61.3 cm³/mol. The van der Waals surface area contributed by atoms with E-state index in [-0.39, 0.29) is 12.5 Å². The molecular formula is C12H11NO4. The highest BCUT2D eigenvalue weighted by molar-refractivity contribution is 6.00. The van der Waals surface area contributed by atoms with Gasteiger partial charge in [0.15, 0.2) is 6.29 Å². The van der Waals surface area contributed by atoms with Crippen molar-refractivity contribution in [3.63, 3.8) is 0 Å². The molecule has 0 fully saturated rings. The standard InChI is InChI=1S/C12H11NO4/c1-2-16-12(15)17-11-9(7-14)8-5-3-4-6-10(8)13-11/h3-7,13H,2H2,1H3. The smallest absolute Gasteiger partial charge is 0.434 e. The van der Waals surface area contributed by atoms with Gasteiger partial charge in [0.05, 0.1) is 12.2 Å². The number of hydrogen-bond donors (Lipinski definition) is 1. The number of para-hydroxylation sites is 1. The van der Waals surface area contributed by atoms with E-state index in [1.54, 1.807) is 25.1 Å². The van der Waals surface area contributed by atoms with Gasteiger partial charge in [0.1, 0.15) is 0 Å². The second kappa shape index (κ2) is 4.69. The van der Waals surface area contributed by atoms with Gasteiger partial charge in [0.2, 0.25) is 5.88 Å². The molecule has 0 aliphatic carbocycles. The van der Waals surface area contributed by atoms with Crippen molar-refractivity contribution in [2.45, 2.75) is 6.92 Å². The average molecular weight is 233 g/mol. The molecule has 0 amide bonds. The molecule has 0 saturated carbocycles. The van der Waals surface area contributed by atoms with Crippen molar-refractivity contribution in [1.29, 1.82) is 0 Å². The quantitative estimate of drug-likeness (QED) is 0.653. The van der Waals surface area contributed by atoms with Crippen molar-refractivity contribution in [2.75, 3.05) is 6.61 Å². The van der Waals surface area contributed by atoms with Crippen LogP contribution in [0.15, 0.2) is 24.3 Å². The van der Waals surface area contributed by atoms with Crippen molar-refractivity contribution in [2.24, 2.45) is 0 Å². The fraction of sp³-hybridized carbons (Fsp3) is 0.167. The van der Waals surface area contributed by atoms with Crippen LogP contribution in [0, 0.1) is 0 Å². The first-order chi connectivity index (χ1) is 8.26. The van der Waals surface area contributed by atoms with Crippen molar-refractivity contribution < 1.29 is 19.1 Å². The lowest BCUT2D eigenvalue weighted by atomic mass is 10.2. The molecule has 0 radical (unpaired) electrons. The summed E-state index contributed by atoms with van der Waals surface area (Å²) in [4.78, 5) is 25.0. The molecule has 0 spiro atoms. The maximum absolute atomic E-state index is 11.2. The lowest BCUT2D eigenvalue weighted by molar-refractivity contribution is 0.102. The van der Waals surface area contributed by atoms with Crippen LogP contribution in [0.4, 0.5) is 4.79 Å². The molecule has 0 aliphatic heterocycles. The molecule has 5 heteroatoms. The third kappa shape index (κ3) is 2.13. The van der Waals surface area contributed by atoms with Gasteiger partial charge in [-0.25, -0.2) is 4.79 Å². The Hall–Kier alpha value is -2.30. The van der Waals surface area contributed by atoms with E-state index < -0.39 is 6.16 Å². The van der Waals surface area contributed by atoms with E-state index in [0.717, 1.165) is 5.52 Å². The highest BCUT2D eigenvalue weighted by Crippen LogP contribution is 2.26. The second-order valence-electron chi connectivity index (χ2n) is 3.32. The lowest BCUT2D eigenvalue weighted by Gasteiger charge is -2.01. The second-order valence-corrected chi connectivity index (χ2v) is 3.32. The molecule has 2 aromatic rings. The fourth-order valence-electron chi connectivity index (χ4n) is 1.57. The summed E-state index contributed by atoms with van der Waals surface area (Å²) in [5, 5.41) is 0.710. The summed E-state index contributed by atoms with van der Waals surface area (Å²) in [6, 6.07) is 7.19. The third-order valence-corrected chi connectivity index (χ3v) is 2.28. The van der Waals surface area contributed by atoms with E-state index in [4.69, 9.17) is 4.74 Å². The minimum atomic E-state index is -0.831. The zero-order chi connectivity index (χ0) is 12.3. The van der Waals surface area contributed by atoms with E-state index in [2.05, 4.69) is 9.72 Å². The number of hydrogen-bond acceptors (Lipinski definition) is 4. The van der Waals surface area contributed by atoms with Gasteiger partial charge in [-0.3, -0.25) is 4.79 Å². The Morgan fingerprint density at radius 2 is 2.18 bits per heavy atom. The van der Waals surface area contributed by atoms with Crippen LogP contribution < -0.4 is 4.74 Å². The monoisotopic (exact) mass is 233 g/mol. The minimum absolute atomic E-state index is 0.111. The molecular weight excluding hydrogens is 222 g/mol. The van der Waals surface area contributed by atoms with Gasteiger partial charge in [-0.05, 0) is 13.0 Å². The van der Waals surface area contributed by atoms with E-state index in [1.807, 2.05) is 6.07 Å². The van der Waals surface area contributed by atoms with E-state index in [0.29, 0.717) is 17.2 Å². The van der Waals surface area contributed by atoms with Crippen LogP contribution in [0.3, 0.4) is 0 Å². The van der Waals surface area contributed by atoms with Crippen molar-refractivity contribution in [3.05, 3.63) is 29.8 Å². The fourth-order valence-corrected chi connectivity index (χ4v) is 1.57. The molecule has 0 aliphatic rings. The Balaban J connectivity index is 2.39. The maximum Gasteiger partial charge on any atom is 0.515 e. The van der Waals surface area contributed by atoms with E-state index in [1.165, 1.54) is 0 Å². The summed E-state index contributed by atoms with van der Waals surface area (Å²) >= 11 is 0. The maximum atomic E-state index is 11.2. The number of benzene rings is 1. The summed E-state index contributed by atoms with van der Waals surface area (Å²) in [5.41, 5.74) is 1.04. The van der Waals surface area contributed by atoms with Gasteiger partial charge in [0.25, 0.3) is 0 Å². The normalized spacial score (nSPS) is 10.2. The lowest BCUT2D eigenvalue weighted by Crippen LogP contribution is -2.11. The summed E-state index contributed by atoms with van der Waals surface area (Å²) in [6.07, 6.45) is -0.185. The Bertz CT molecular complexity index is 559. The van der Waals surface area contributed by atoms with Crippen LogP contribution >= 0.6 is 0 Å². The number of aromatic nitrogens is 1. The zero-order valence-corrected chi connectivity index (χ0v) is 9.23. The summed E-state index contributed by atoms with van der Waals surface area (Å²) in [6.45, 7) is 1.89. The number of aldehydes is 1. The molecule has 0 atom stereocenters. The number of aromatic amines is 1. The highest BCUT2D eigenvalue weighted by atomic mass is 16.7. The molecule has 1 N–H and O–H groups in total. The van der Waals surface area contributed by atoms with Crippen LogP contribution in [-0.2, 0) is 4.74 Å². The molecule has 1 aromatic heterocycles. The number of rotatable bonds is 3. The molecule has 17 heavy (non-hydrogen) atoms. The van der Waals surface area contributed by atoms with Gasteiger partial charge in [-0.15, -0.1) is 0 Å². The molecule has 0 unspecified atom stereocenters. The Labute approximate surface area is 97.3 Å². The number of ether oxygens (including phenoxy) is 2. The average Bonchev–Trinajstić information content (AvgIpc) is 2.66. The number of carbonyl (C=O) groups is 2. The number of fused-ring (bicyclic) bond motifs is 1. The summed E-state index contributed by atoms with van der Waals surface area (Å²) in [7, 11) is 0. The van der Waals surface area contributed by atoms with E-state index in [9.17, 15) is 9.59 Å². The van der Waals surface area contributed by atoms with Crippen molar-refractivity contribution in [3.8, 4) is 5.88 Å². The Morgan fingerprint density at radius 1 is 1.41 bits per heavy atom. The van der Waals surface area contributed by atoms with Crippen LogP contribution in [0.2, 0.25) is 0 Å². The third-order valence-electron chi connectivity index (χ3n) is 2.28. The van der Waals surface area contributed by atoms with Crippen LogP contribution in [0.1, 0.15) is 17.3 Å². The number of nitrogens with one attached hydrogen (secondary N) is 1. The van der Waals surface area contributed by atoms with Crippen molar-refractivity contribution in [1.82, 2.24) is 4.98 Å². The SMILES string of the molecule is CCOC(=O)Oc1[nH]c2ccccc2c1C=O. The molecule has 2 rings (SSSR count). The van der Waals surface area contributed by atoms with Crippen molar-refractivity contribution >= 4 is 23.3 Å². The minimum Gasteiger partial charge on any atom is -0.434 e. The Kier molecular flexibility index (Phi) is 3.09. The summed E-state index contributed by atoms with van der Waals surface area (Å²) in [5.74, 6) is 0.111. The first kappa shape index (κ1) is 11.2. The molecule has 0 saturated heterocycles. The van der Waals surface area contributed by atoms with Crippen LogP contribution in [-0.4, -0.2) is 24.0 Å². The topological polar surface area (TPSA) is 68.4 Å². The number of carbonyl (C=O) groups excluding carboxylic acids is 2. The molecule has 1 aromatic carbocycles. The van der Waals surface area contributed by atoms with Gasteiger partial charge in [0, 0.05) is 10.9 Å². The van der Waals surface area contributed by atoms with Gasteiger partial charge in [-0.1, -0.05) is 18.2 Å². The first-order valence-electron chi connectivity index (χ1n) is 5.16. The highest BCUT2D eigenvalue weighted by Gasteiger charge is 2.15. The summed E-state index contributed by atoms with van der Waals surface area (Å²) < 4.78 is 9.56.